The zero-order valence-electron chi connectivity index (χ0n) is 5.86. The number of nitrogens with two attached hydrogens (primary N) is 1. The maximum Gasteiger partial charge on any atom is 0.168 e. The lowest BCUT2D eigenvalue weighted by atomic mass is 10.4. The Morgan fingerprint density at radius 2 is 2.09 bits per heavy atom. The van der Waals surface area contributed by atoms with E-state index in [1.807, 2.05) is 0 Å². The van der Waals surface area contributed by atoms with Gasteiger partial charge in [-0.05, 0) is 0 Å². The van der Waals surface area contributed by atoms with Crippen molar-refractivity contribution in [2.24, 2.45) is 0 Å². The minimum absolute atomic E-state index is 0.0519. The Bertz CT molecular complexity index is 275. The van der Waals surface area contributed by atoms with Crippen LogP contribution < -0.4 is 11.1 Å². The van der Waals surface area contributed by atoms with E-state index in [2.05, 4.69) is 10.3 Å². The van der Waals surface area contributed by atoms with E-state index in [1.54, 1.807) is 0 Å². The molecule has 0 bridgehead atoms. The van der Waals surface area contributed by atoms with Gasteiger partial charge in [0, 0.05) is 13.1 Å². The van der Waals surface area contributed by atoms with Crippen molar-refractivity contribution >= 4 is 11.6 Å². The van der Waals surface area contributed by atoms with Crippen LogP contribution in [-0.4, -0.2) is 12.0 Å². The number of aromatic nitrogens is 1. The Morgan fingerprint density at radius 3 is 2.64 bits per heavy atom. The molecular formula is C6H7F2N3. The highest BCUT2D eigenvalue weighted by Gasteiger charge is 2.06. The van der Waals surface area contributed by atoms with Crippen LogP contribution in [0.5, 0.6) is 0 Å². The Hall–Kier alpha value is -1.39. The van der Waals surface area contributed by atoms with Crippen LogP contribution in [0.15, 0.2) is 6.07 Å². The quantitative estimate of drug-likeness (QED) is 0.642. The molecule has 1 heterocycles. The van der Waals surface area contributed by atoms with Crippen molar-refractivity contribution < 1.29 is 8.78 Å². The van der Waals surface area contributed by atoms with Crippen LogP contribution in [0, 0.1) is 11.6 Å². The summed E-state index contributed by atoms with van der Waals surface area (Å²) in [4.78, 5) is 3.41. The summed E-state index contributed by atoms with van der Waals surface area (Å²) in [5, 5.41) is 2.43. The zero-order chi connectivity index (χ0) is 8.43. The molecule has 0 amide bonds. The van der Waals surface area contributed by atoms with Crippen LogP contribution in [-0.2, 0) is 0 Å². The van der Waals surface area contributed by atoms with Gasteiger partial charge in [-0.1, -0.05) is 0 Å². The van der Waals surface area contributed by atoms with E-state index in [0.717, 1.165) is 0 Å². The summed E-state index contributed by atoms with van der Waals surface area (Å²) in [6.07, 6.45) is 0. The zero-order valence-corrected chi connectivity index (χ0v) is 5.86. The van der Waals surface area contributed by atoms with Gasteiger partial charge in [-0.15, -0.1) is 0 Å². The normalized spacial score (nSPS) is 9.73. The highest BCUT2D eigenvalue weighted by molar-refractivity contribution is 5.44. The van der Waals surface area contributed by atoms with Crippen molar-refractivity contribution in [3.8, 4) is 0 Å². The van der Waals surface area contributed by atoms with Crippen LogP contribution >= 0.6 is 0 Å². The molecular weight excluding hydrogens is 152 g/mol. The van der Waals surface area contributed by atoms with Gasteiger partial charge in [-0.3, -0.25) is 0 Å². The van der Waals surface area contributed by atoms with E-state index in [1.165, 1.54) is 7.05 Å². The molecule has 0 spiro atoms. The molecule has 0 aliphatic carbocycles. The molecule has 1 rings (SSSR count). The molecule has 1 aromatic rings. The van der Waals surface area contributed by atoms with Gasteiger partial charge >= 0.3 is 0 Å². The van der Waals surface area contributed by atoms with Crippen LogP contribution in [0.3, 0.4) is 0 Å². The predicted octanol–water partition coefficient (Wildman–Crippen LogP) is 0.984. The van der Waals surface area contributed by atoms with Gasteiger partial charge in [-0.25, -0.2) is 13.8 Å². The molecule has 0 aliphatic heterocycles. The number of rotatable bonds is 1. The van der Waals surface area contributed by atoms with Crippen molar-refractivity contribution in [2.45, 2.75) is 0 Å². The summed E-state index contributed by atoms with van der Waals surface area (Å²) in [5.74, 6) is -1.96. The molecule has 0 saturated heterocycles. The molecule has 11 heavy (non-hydrogen) atoms. The summed E-state index contributed by atoms with van der Waals surface area (Å²) in [7, 11) is 1.47. The number of nitrogens with one attached hydrogen (secondary N) is 1. The second-order valence-corrected chi connectivity index (χ2v) is 1.94. The second-order valence-electron chi connectivity index (χ2n) is 1.94. The van der Waals surface area contributed by atoms with Crippen molar-refractivity contribution in [1.82, 2.24) is 4.98 Å². The number of anilines is 2. The van der Waals surface area contributed by atoms with E-state index in [0.29, 0.717) is 6.07 Å². The molecule has 60 valence electrons. The average molecular weight is 159 g/mol. The molecule has 0 fully saturated rings. The smallest absolute Gasteiger partial charge is 0.168 e. The Morgan fingerprint density at radius 1 is 1.45 bits per heavy atom. The molecule has 0 unspecified atom stereocenters. The third-order valence-electron chi connectivity index (χ3n) is 1.19. The summed E-state index contributed by atoms with van der Waals surface area (Å²) in [6, 6.07) is 0.689. The van der Waals surface area contributed by atoms with E-state index < -0.39 is 11.6 Å². The lowest BCUT2D eigenvalue weighted by Gasteiger charge is -2.01. The Kier molecular flexibility index (Phi) is 1.89. The minimum atomic E-state index is -0.846. The predicted molar refractivity (Wildman–Crippen MR) is 38.1 cm³/mol. The summed E-state index contributed by atoms with van der Waals surface area (Å²) in [6.45, 7) is 0. The largest absolute Gasteiger partial charge is 0.381 e. The van der Waals surface area contributed by atoms with Gasteiger partial charge in [-0.2, -0.15) is 0 Å². The SMILES string of the molecule is CNc1nc(N)c(F)cc1F. The third kappa shape index (κ3) is 1.36. The number of nitrogen functional groups attached to an aromatic ring is 1. The first-order valence-corrected chi connectivity index (χ1v) is 2.94. The van der Waals surface area contributed by atoms with E-state index in [4.69, 9.17) is 5.73 Å². The van der Waals surface area contributed by atoms with E-state index in [9.17, 15) is 8.78 Å². The Balaban J connectivity index is 3.21. The first kappa shape index (κ1) is 7.71. The van der Waals surface area contributed by atoms with Gasteiger partial charge in [0.25, 0.3) is 0 Å². The van der Waals surface area contributed by atoms with Gasteiger partial charge in [0.15, 0.2) is 23.3 Å². The monoisotopic (exact) mass is 159 g/mol. The maximum atomic E-state index is 12.6. The van der Waals surface area contributed by atoms with Crippen molar-refractivity contribution in [2.75, 3.05) is 18.1 Å². The van der Waals surface area contributed by atoms with Crippen molar-refractivity contribution in [1.29, 1.82) is 0 Å². The molecule has 1 aromatic heterocycles. The highest BCUT2D eigenvalue weighted by atomic mass is 19.1. The maximum absolute atomic E-state index is 12.6. The number of hydrogen-bond donors (Lipinski definition) is 2. The van der Waals surface area contributed by atoms with Crippen molar-refractivity contribution in [3.63, 3.8) is 0 Å². The number of nitrogens with zero attached hydrogens (tertiary/aromatic N) is 1. The van der Waals surface area contributed by atoms with E-state index in [-0.39, 0.29) is 11.6 Å². The van der Waals surface area contributed by atoms with Gasteiger partial charge in [0.05, 0.1) is 0 Å². The first-order valence-electron chi connectivity index (χ1n) is 2.94. The molecule has 5 heteroatoms. The lowest BCUT2D eigenvalue weighted by molar-refractivity contribution is 0.580. The number of pyridine rings is 1. The number of hydrogen-bond acceptors (Lipinski definition) is 3. The average Bonchev–Trinajstić information content (AvgIpc) is 1.97. The first-order chi connectivity index (χ1) is 5.15. The molecule has 0 atom stereocenters. The standard InChI is InChI=1S/C6H7F2N3/c1-10-6-4(8)2-3(7)5(9)11-6/h2H,1H3,(H3,9,10,11). The summed E-state index contributed by atoms with van der Waals surface area (Å²) < 4.78 is 25.1. The van der Waals surface area contributed by atoms with Gasteiger partial charge < -0.3 is 11.1 Å². The molecule has 3 nitrogen and oxygen atoms in total. The second kappa shape index (κ2) is 2.69. The molecule has 3 N–H and O–H groups in total. The molecule has 0 saturated carbocycles. The molecule has 0 aliphatic rings. The Labute approximate surface area is 62.2 Å². The van der Waals surface area contributed by atoms with Crippen LogP contribution in [0.25, 0.3) is 0 Å². The van der Waals surface area contributed by atoms with Gasteiger partial charge in [0.1, 0.15) is 0 Å². The third-order valence-corrected chi connectivity index (χ3v) is 1.19. The van der Waals surface area contributed by atoms with Crippen LogP contribution in [0.2, 0.25) is 0 Å². The van der Waals surface area contributed by atoms with Crippen LogP contribution in [0.1, 0.15) is 0 Å². The van der Waals surface area contributed by atoms with Crippen molar-refractivity contribution in [3.05, 3.63) is 17.7 Å². The number of halogens is 2. The van der Waals surface area contributed by atoms with Gasteiger partial charge in [0.2, 0.25) is 0 Å². The summed E-state index contributed by atoms with van der Waals surface area (Å²) in [5.41, 5.74) is 5.07. The molecule has 0 radical (unpaired) electrons. The highest BCUT2D eigenvalue weighted by Crippen LogP contribution is 2.15. The minimum Gasteiger partial charge on any atom is -0.381 e. The fourth-order valence-electron chi connectivity index (χ4n) is 0.656. The topological polar surface area (TPSA) is 50.9 Å². The fraction of sp³-hybridized carbons (Fsp3) is 0.167. The lowest BCUT2D eigenvalue weighted by Crippen LogP contribution is -2.02. The van der Waals surface area contributed by atoms with Crippen LogP contribution in [0.4, 0.5) is 20.4 Å². The molecule has 0 aromatic carbocycles. The summed E-state index contributed by atoms with van der Waals surface area (Å²) >= 11 is 0. The van der Waals surface area contributed by atoms with E-state index >= 15 is 0 Å². The fourth-order valence-corrected chi connectivity index (χ4v) is 0.656.